The lowest BCUT2D eigenvalue weighted by Gasteiger charge is -1.66. The van der Waals surface area contributed by atoms with E-state index in [0.29, 0.717) is 0 Å². The average molecular weight is 100 g/mol. The molecule has 0 aromatic carbocycles. The first-order valence-electron chi connectivity index (χ1n) is 1.40. The molecule has 1 aromatic heterocycles. The molecule has 1 aromatic rings. The molecule has 6 heavy (non-hydrogen) atoms. The minimum absolute atomic E-state index is 0.0787. The smallest absolute Gasteiger partial charge is 0.271 e. The first-order valence-corrected chi connectivity index (χ1v) is 2.22. The van der Waals surface area contributed by atoms with Crippen LogP contribution < -0.4 is 0 Å². The van der Waals surface area contributed by atoms with Crippen molar-refractivity contribution >= 4 is 11.3 Å². The topological polar surface area (TPSA) is 33.1 Å². The second-order valence-electron chi connectivity index (χ2n) is 0.761. The van der Waals surface area contributed by atoms with Crippen LogP contribution in [0.5, 0.6) is 5.19 Å². The van der Waals surface area contributed by atoms with Gasteiger partial charge >= 0.3 is 0 Å². The summed E-state index contributed by atoms with van der Waals surface area (Å²) in [7, 11) is 0. The van der Waals surface area contributed by atoms with Crippen molar-refractivity contribution in [1.82, 2.24) is 4.98 Å². The number of hydrogen-bond acceptors (Lipinski definition) is 3. The van der Waals surface area contributed by atoms with Gasteiger partial charge in [0.2, 0.25) is 0 Å². The van der Waals surface area contributed by atoms with E-state index in [4.69, 9.17) is 5.11 Å². The maximum absolute atomic E-state index is 8.35. The summed E-state index contributed by atoms with van der Waals surface area (Å²) in [6.07, 6.45) is 1.43. The molecule has 31 valence electrons. The Morgan fingerprint density at radius 2 is 2.83 bits per heavy atom. The molecule has 1 rings (SSSR count). The second kappa shape index (κ2) is 1.26. The Hall–Kier alpha value is -0.570. The maximum atomic E-state index is 8.35. The standard InChI is InChI=1S/C3H2NOS/c5-3-4-1-2-6-3/h1H,(H,4,5). The third-order valence-corrected chi connectivity index (χ3v) is 0.889. The van der Waals surface area contributed by atoms with Gasteiger partial charge in [0, 0.05) is 0 Å². The molecular formula is C3H2NOS. The van der Waals surface area contributed by atoms with Crippen LogP contribution >= 0.6 is 11.3 Å². The predicted molar refractivity (Wildman–Crippen MR) is 22.6 cm³/mol. The molecular weight excluding hydrogens is 98.1 g/mol. The highest BCUT2D eigenvalue weighted by molar-refractivity contribution is 7.10. The molecule has 1 heterocycles. The van der Waals surface area contributed by atoms with Crippen molar-refractivity contribution in [2.45, 2.75) is 0 Å². The molecule has 0 aliphatic rings. The van der Waals surface area contributed by atoms with Crippen LogP contribution in [0.15, 0.2) is 6.20 Å². The number of thiazole rings is 1. The fourth-order valence-electron chi connectivity index (χ4n) is 0.187. The highest BCUT2D eigenvalue weighted by Crippen LogP contribution is 2.07. The van der Waals surface area contributed by atoms with E-state index >= 15 is 0 Å². The monoisotopic (exact) mass is 100.0 g/mol. The number of rotatable bonds is 0. The largest absolute Gasteiger partial charge is 0.486 e. The lowest BCUT2D eigenvalue weighted by molar-refractivity contribution is 0.471. The van der Waals surface area contributed by atoms with E-state index in [0.717, 1.165) is 11.3 Å². The Morgan fingerprint density at radius 3 is 3.00 bits per heavy atom. The highest BCUT2D eigenvalue weighted by atomic mass is 32.1. The molecule has 0 unspecified atom stereocenters. The minimum Gasteiger partial charge on any atom is -0.486 e. The van der Waals surface area contributed by atoms with Crippen LogP contribution in [-0.2, 0) is 0 Å². The summed E-state index contributed by atoms with van der Waals surface area (Å²) in [4.78, 5) is 3.44. The molecule has 0 fully saturated rings. The van der Waals surface area contributed by atoms with Crippen molar-refractivity contribution < 1.29 is 5.11 Å². The minimum atomic E-state index is 0.0787. The van der Waals surface area contributed by atoms with Gasteiger partial charge in [0.05, 0.1) is 11.6 Å². The van der Waals surface area contributed by atoms with Crippen LogP contribution in [0.2, 0.25) is 0 Å². The van der Waals surface area contributed by atoms with E-state index in [1.165, 1.54) is 6.20 Å². The molecule has 1 N–H and O–H groups in total. The van der Waals surface area contributed by atoms with Crippen LogP contribution in [0.3, 0.4) is 0 Å². The zero-order chi connectivity index (χ0) is 4.41. The van der Waals surface area contributed by atoms with Gasteiger partial charge in [-0.15, -0.1) is 0 Å². The third kappa shape index (κ3) is 0.490. The number of aromatic hydroxyl groups is 1. The van der Waals surface area contributed by atoms with E-state index < -0.39 is 0 Å². The molecule has 2 nitrogen and oxygen atoms in total. The fourth-order valence-corrected chi connectivity index (χ4v) is 0.503. The van der Waals surface area contributed by atoms with Crippen molar-refractivity contribution in [3.05, 3.63) is 11.6 Å². The second-order valence-corrected chi connectivity index (χ2v) is 1.57. The Labute approximate surface area is 39.1 Å². The Morgan fingerprint density at radius 1 is 2.00 bits per heavy atom. The van der Waals surface area contributed by atoms with Gasteiger partial charge in [-0.1, -0.05) is 11.3 Å². The van der Waals surface area contributed by atoms with Gasteiger partial charge in [-0.2, -0.15) is 0 Å². The van der Waals surface area contributed by atoms with Crippen LogP contribution in [-0.4, -0.2) is 10.1 Å². The molecule has 3 heteroatoms. The quantitative estimate of drug-likeness (QED) is 0.519. The number of nitrogens with zero attached hydrogens (tertiary/aromatic N) is 1. The van der Waals surface area contributed by atoms with E-state index in [1.54, 1.807) is 0 Å². The van der Waals surface area contributed by atoms with Crippen LogP contribution in [0.1, 0.15) is 0 Å². The molecule has 0 bridgehead atoms. The summed E-state index contributed by atoms with van der Waals surface area (Å²) >= 11 is 1.10. The van der Waals surface area contributed by atoms with Gasteiger partial charge < -0.3 is 5.11 Å². The summed E-state index contributed by atoms with van der Waals surface area (Å²) in [5, 5.41) is 11.0. The Kier molecular flexibility index (Phi) is 0.759. The first-order chi connectivity index (χ1) is 2.89. The number of aromatic nitrogens is 1. The molecule has 1 radical (unpaired) electrons. The molecule has 0 amide bonds. The molecule has 0 aliphatic carbocycles. The molecule has 0 saturated heterocycles. The van der Waals surface area contributed by atoms with Gasteiger partial charge in [0.25, 0.3) is 5.19 Å². The molecule has 0 saturated carbocycles. The van der Waals surface area contributed by atoms with E-state index in [-0.39, 0.29) is 5.19 Å². The van der Waals surface area contributed by atoms with Gasteiger partial charge in [-0.25, -0.2) is 4.98 Å². The molecule has 0 atom stereocenters. The van der Waals surface area contributed by atoms with Crippen LogP contribution in [0.25, 0.3) is 0 Å². The van der Waals surface area contributed by atoms with E-state index in [9.17, 15) is 0 Å². The van der Waals surface area contributed by atoms with Gasteiger partial charge in [-0.05, 0) is 0 Å². The lowest BCUT2D eigenvalue weighted by Crippen LogP contribution is -1.49. The SMILES string of the molecule is Oc1nc[c]s1. The van der Waals surface area contributed by atoms with Gasteiger partial charge in [-0.3, -0.25) is 0 Å². The summed E-state index contributed by atoms with van der Waals surface area (Å²) in [6.45, 7) is 0. The van der Waals surface area contributed by atoms with Crippen LogP contribution in [0, 0.1) is 5.38 Å². The van der Waals surface area contributed by atoms with E-state index in [2.05, 4.69) is 10.4 Å². The Bertz CT molecular complexity index is 114. The molecule has 0 spiro atoms. The lowest BCUT2D eigenvalue weighted by atomic mass is 11.0. The van der Waals surface area contributed by atoms with Gasteiger partial charge in [0.15, 0.2) is 0 Å². The van der Waals surface area contributed by atoms with Crippen molar-refractivity contribution in [2.75, 3.05) is 0 Å². The summed E-state index contributed by atoms with van der Waals surface area (Å²) in [6, 6.07) is 0. The average Bonchev–Trinajstić information content (AvgIpc) is 1.86. The van der Waals surface area contributed by atoms with E-state index in [1.807, 2.05) is 0 Å². The van der Waals surface area contributed by atoms with Gasteiger partial charge in [0.1, 0.15) is 0 Å². The first kappa shape index (κ1) is 3.61. The van der Waals surface area contributed by atoms with Crippen molar-refractivity contribution in [2.24, 2.45) is 0 Å². The van der Waals surface area contributed by atoms with Crippen molar-refractivity contribution in [3.8, 4) is 5.19 Å². The summed E-state index contributed by atoms with van der Waals surface area (Å²) < 4.78 is 0. The van der Waals surface area contributed by atoms with Crippen molar-refractivity contribution in [3.63, 3.8) is 0 Å². The predicted octanol–water partition coefficient (Wildman–Crippen LogP) is 0.649. The normalized spacial score (nSPS) is 8.67. The zero-order valence-electron chi connectivity index (χ0n) is 2.88. The third-order valence-electron chi connectivity index (χ3n) is 0.378. The summed E-state index contributed by atoms with van der Waals surface area (Å²) in [5.74, 6) is 0. The van der Waals surface area contributed by atoms with Crippen LogP contribution in [0.4, 0.5) is 0 Å². The Balaban J connectivity index is 3.05. The summed E-state index contributed by atoms with van der Waals surface area (Å²) in [5.41, 5.74) is 0. The number of hydrogen-bond donors (Lipinski definition) is 1. The fraction of sp³-hybridized carbons (Fsp3) is 0. The zero-order valence-corrected chi connectivity index (χ0v) is 3.70. The van der Waals surface area contributed by atoms with Crippen molar-refractivity contribution in [1.29, 1.82) is 0 Å². The highest BCUT2D eigenvalue weighted by Gasteiger charge is 1.80. The molecule has 0 aliphatic heterocycles. The maximum Gasteiger partial charge on any atom is 0.271 e.